The van der Waals surface area contributed by atoms with Crippen LogP contribution in [-0.4, -0.2) is 48.0 Å². The van der Waals surface area contributed by atoms with Crippen LogP contribution in [0.15, 0.2) is 0 Å². The SMILES string of the molecule is CC(C)(C)OC(=O)N1CC(C)(B2OC(C)(C)C(C)(C)O2)C1. The minimum absolute atomic E-state index is 0.179. The third-order valence-electron chi connectivity index (χ3n) is 4.58. The first-order chi connectivity index (χ1) is 9.26. The summed E-state index contributed by atoms with van der Waals surface area (Å²) in [5.41, 5.74) is -1.15. The summed E-state index contributed by atoms with van der Waals surface area (Å²) < 4.78 is 17.6. The van der Waals surface area contributed by atoms with Gasteiger partial charge < -0.3 is 18.9 Å². The second-order valence-electron chi connectivity index (χ2n) is 8.58. The van der Waals surface area contributed by atoms with Crippen LogP contribution in [0.5, 0.6) is 0 Å². The maximum Gasteiger partial charge on any atom is 0.467 e. The number of hydrogen-bond donors (Lipinski definition) is 0. The summed E-state index contributed by atoms with van der Waals surface area (Å²) in [6.45, 7) is 17.1. The molecule has 0 N–H and O–H groups in total. The zero-order chi connectivity index (χ0) is 16.3. The summed E-state index contributed by atoms with van der Waals surface area (Å²) in [6, 6.07) is 0. The van der Waals surface area contributed by atoms with Crippen molar-refractivity contribution in [3.8, 4) is 0 Å². The van der Waals surface area contributed by atoms with Crippen LogP contribution in [-0.2, 0) is 14.0 Å². The quantitative estimate of drug-likeness (QED) is 0.698. The van der Waals surface area contributed by atoms with Crippen LogP contribution in [0.4, 0.5) is 4.79 Å². The molecular formula is C15H28BNO4. The van der Waals surface area contributed by atoms with Crippen LogP contribution in [0.2, 0.25) is 5.31 Å². The van der Waals surface area contributed by atoms with E-state index in [-0.39, 0.29) is 29.7 Å². The van der Waals surface area contributed by atoms with Crippen molar-refractivity contribution in [1.29, 1.82) is 0 Å². The van der Waals surface area contributed by atoms with Crippen molar-refractivity contribution in [3.63, 3.8) is 0 Å². The number of nitrogens with zero attached hydrogens (tertiary/aromatic N) is 1. The summed E-state index contributed by atoms with van der Waals surface area (Å²) in [5, 5.41) is -0.179. The van der Waals surface area contributed by atoms with Gasteiger partial charge in [0.2, 0.25) is 0 Å². The Bertz CT molecular complexity index is 419. The molecule has 0 spiro atoms. The van der Waals surface area contributed by atoms with E-state index in [2.05, 4.69) is 6.92 Å². The molecule has 0 radical (unpaired) electrons. The molecule has 2 saturated heterocycles. The first-order valence-electron chi connectivity index (χ1n) is 7.59. The van der Waals surface area contributed by atoms with Crippen LogP contribution in [0.25, 0.3) is 0 Å². The van der Waals surface area contributed by atoms with Gasteiger partial charge >= 0.3 is 13.2 Å². The van der Waals surface area contributed by atoms with Gasteiger partial charge in [0, 0.05) is 18.4 Å². The first kappa shape index (κ1) is 16.6. The number of carbonyl (C=O) groups excluding carboxylic acids is 1. The smallest absolute Gasteiger partial charge is 0.444 e. The number of likely N-dealkylation sites (tertiary alicyclic amines) is 1. The molecule has 0 atom stereocenters. The average Bonchev–Trinajstić information content (AvgIpc) is 2.41. The minimum atomic E-state index is -0.465. The maximum absolute atomic E-state index is 12.0. The fourth-order valence-corrected chi connectivity index (χ4v) is 2.56. The van der Waals surface area contributed by atoms with Gasteiger partial charge in [0.25, 0.3) is 0 Å². The lowest BCUT2D eigenvalue weighted by Gasteiger charge is -2.48. The van der Waals surface area contributed by atoms with E-state index in [1.165, 1.54) is 0 Å². The van der Waals surface area contributed by atoms with Crippen LogP contribution >= 0.6 is 0 Å². The average molecular weight is 297 g/mol. The standard InChI is InChI=1S/C15H28BNO4/c1-12(2,3)19-11(18)17-9-15(8,10-17)16-20-13(4,5)14(6,7)21-16/h9-10H2,1-8H3. The zero-order valence-corrected chi connectivity index (χ0v) is 14.6. The molecule has 2 heterocycles. The second-order valence-corrected chi connectivity index (χ2v) is 8.58. The van der Waals surface area contributed by atoms with Crippen LogP contribution in [0.3, 0.4) is 0 Å². The molecule has 2 rings (SSSR count). The van der Waals surface area contributed by atoms with Crippen molar-refractivity contribution in [2.24, 2.45) is 0 Å². The Morgan fingerprint density at radius 2 is 1.48 bits per heavy atom. The summed E-state index contributed by atoms with van der Waals surface area (Å²) in [7, 11) is -0.291. The number of amides is 1. The number of hydrogen-bond acceptors (Lipinski definition) is 4. The Hall–Kier alpha value is -0.745. The Labute approximate surface area is 128 Å². The highest BCUT2D eigenvalue weighted by molar-refractivity contribution is 6.50. The van der Waals surface area contributed by atoms with Crippen molar-refractivity contribution in [3.05, 3.63) is 0 Å². The molecule has 0 aromatic heterocycles. The van der Waals surface area contributed by atoms with E-state index in [9.17, 15) is 4.79 Å². The largest absolute Gasteiger partial charge is 0.467 e. The molecule has 2 aliphatic rings. The van der Waals surface area contributed by atoms with Gasteiger partial charge in [-0.3, -0.25) is 0 Å². The van der Waals surface area contributed by atoms with Crippen molar-refractivity contribution >= 4 is 13.2 Å². The van der Waals surface area contributed by atoms with E-state index in [0.717, 1.165) is 0 Å². The third-order valence-corrected chi connectivity index (χ3v) is 4.58. The van der Waals surface area contributed by atoms with E-state index in [1.807, 2.05) is 48.5 Å². The minimum Gasteiger partial charge on any atom is -0.444 e. The normalized spacial score (nSPS) is 26.5. The van der Waals surface area contributed by atoms with Gasteiger partial charge in [-0.05, 0) is 48.5 Å². The van der Waals surface area contributed by atoms with Gasteiger partial charge in [-0.15, -0.1) is 0 Å². The van der Waals surface area contributed by atoms with Gasteiger partial charge in [-0.1, -0.05) is 6.92 Å². The third kappa shape index (κ3) is 3.06. The topological polar surface area (TPSA) is 48.0 Å². The molecule has 0 aromatic rings. The lowest BCUT2D eigenvalue weighted by atomic mass is 9.54. The summed E-state index contributed by atoms with van der Waals surface area (Å²) in [5.74, 6) is 0. The molecule has 21 heavy (non-hydrogen) atoms. The van der Waals surface area contributed by atoms with Crippen molar-refractivity contribution in [2.45, 2.75) is 77.5 Å². The van der Waals surface area contributed by atoms with Gasteiger partial charge in [0.15, 0.2) is 0 Å². The van der Waals surface area contributed by atoms with Crippen molar-refractivity contribution in [2.75, 3.05) is 13.1 Å². The highest BCUT2D eigenvalue weighted by atomic mass is 16.7. The van der Waals surface area contributed by atoms with Crippen molar-refractivity contribution in [1.82, 2.24) is 4.90 Å². The van der Waals surface area contributed by atoms with Crippen LogP contribution in [0, 0.1) is 0 Å². The Balaban J connectivity index is 1.95. The maximum atomic E-state index is 12.0. The molecule has 1 amide bonds. The van der Waals surface area contributed by atoms with Gasteiger partial charge in [0.1, 0.15) is 5.60 Å². The number of rotatable bonds is 1. The lowest BCUT2D eigenvalue weighted by Crippen LogP contribution is -2.60. The molecule has 0 aromatic carbocycles. The van der Waals surface area contributed by atoms with Crippen LogP contribution < -0.4 is 0 Å². The highest BCUT2D eigenvalue weighted by Gasteiger charge is 2.62. The second kappa shape index (κ2) is 4.62. The molecular weight excluding hydrogens is 269 g/mol. The monoisotopic (exact) mass is 297 g/mol. The summed E-state index contributed by atoms with van der Waals surface area (Å²) >= 11 is 0. The Kier molecular flexibility index (Phi) is 3.66. The van der Waals surface area contributed by atoms with Gasteiger partial charge in [0.05, 0.1) is 11.2 Å². The van der Waals surface area contributed by atoms with E-state index < -0.39 is 5.60 Å². The van der Waals surface area contributed by atoms with E-state index in [0.29, 0.717) is 13.1 Å². The molecule has 2 fully saturated rings. The molecule has 0 saturated carbocycles. The molecule has 6 heteroatoms. The van der Waals surface area contributed by atoms with E-state index in [4.69, 9.17) is 14.0 Å². The molecule has 2 aliphatic heterocycles. The van der Waals surface area contributed by atoms with Crippen LogP contribution in [0.1, 0.15) is 55.4 Å². The summed E-state index contributed by atoms with van der Waals surface area (Å²) in [6.07, 6.45) is -0.267. The Morgan fingerprint density at radius 3 is 1.86 bits per heavy atom. The van der Waals surface area contributed by atoms with Gasteiger partial charge in [-0.25, -0.2) is 4.79 Å². The Morgan fingerprint density at radius 1 is 1.05 bits per heavy atom. The fraction of sp³-hybridized carbons (Fsp3) is 0.933. The summed E-state index contributed by atoms with van der Waals surface area (Å²) in [4.78, 5) is 13.7. The highest BCUT2D eigenvalue weighted by Crippen LogP contribution is 2.49. The predicted molar refractivity (Wildman–Crippen MR) is 82.3 cm³/mol. The first-order valence-corrected chi connectivity index (χ1v) is 7.59. The van der Waals surface area contributed by atoms with Gasteiger partial charge in [-0.2, -0.15) is 0 Å². The molecule has 5 nitrogen and oxygen atoms in total. The molecule has 120 valence electrons. The van der Waals surface area contributed by atoms with E-state index >= 15 is 0 Å². The van der Waals surface area contributed by atoms with Crippen molar-refractivity contribution < 1.29 is 18.8 Å². The fourth-order valence-electron chi connectivity index (χ4n) is 2.56. The molecule has 0 aliphatic carbocycles. The molecule has 0 unspecified atom stereocenters. The lowest BCUT2D eigenvalue weighted by molar-refractivity contribution is -0.000803. The zero-order valence-electron chi connectivity index (χ0n) is 14.6. The van der Waals surface area contributed by atoms with E-state index in [1.54, 1.807) is 4.90 Å². The number of carbonyl (C=O) groups is 1. The predicted octanol–water partition coefficient (Wildman–Crippen LogP) is 3.09. The number of ether oxygens (including phenoxy) is 1. The molecule has 0 bridgehead atoms.